The number of halogens is 2. The van der Waals surface area contributed by atoms with Crippen molar-refractivity contribution in [2.75, 3.05) is 0 Å². The Morgan fingerprint density at radius 2 is 0.833 bits per heavy atom. The van der Waals surface area contributed by atoms with Crippen molar-refractivity contribution in [2.45, 2.75) is 32.6 Å². The van der Waals surface area contributed by atoms with Crippen LogP contribution in [0.25, 0.3) is 0 Å². The summed E-state index contributed by atoms with van der Waals surface area (Å²) >= 11 is 0. The molecule has 6 rings (SSSR count). The molecule has 5 aromatic rings. The van der Waals surface area contributed by atoms with Gasteiger partial charge in [0.05, 0.1) is 0 Å². The van der Waals surface area contributed by atoms with Crippen LogP contribution >= 0.6 is 33.0 Å². The number of hydrogen-bond donors (Lipinski definition) is 0. The summed E-state index contributed by atoms with van der Waals surface area (Å²) in [4.78, 5) is 0. The SMILES string of the molecule is Cl.Cl.[CH3][Ti]([CH3])([CH3])([CH3])([CH3])([C]1=CC=CC1)([c]1ccccc1)([c]1ccccc1)([c]1ccccc1)([c]1ccccc1)[c]1ccc[pH]1. The quantitative estimate of drug-likeness (QED) is 0.160. The predicted molar refractivity (Wildman–Crippen MR) is 196 cm³/mol. The molecule has 0 nitrogen and oxygen atoms in total. The first-order valence-electron chi connectivity index (χ1n) is 14.9. The van der Waals surface area contributed by atoms with Crippen LogP contribution in [-0.4, -0.2) is 0 Å². The van der Waals surface area contributed by atoms with Gasteiger partial charge in [-0.25, -0.2) is 0 Å². The molecule has 0 amide bonds. The van der Waals surface area contributed by atoms with Gasteiger partial charge < -0.3 is 0 Å². The molecule has 0 fully saturated rings. The first kappa shape index (κ1) is 32.4. The molecule has 0 spiro atoms. The number of allylic oxidation sites excluding steroid dienone is 4. The van der Waals surface area contributed by atoms with Gasteiger partial charge in [0.2, 0.25) is 0 Å². The zero-order chi connectivity index (χ0) is 28.6. The molecule has 4 heteroatoms. The number of rotatable bonds is 6. The van der Waals surface area contributed by atoms with E-state index in [0.29, 0.717) is 8.19 Å². The maximum atomic E-state index is 2.75. The Kier molecular flexibility index (Phi) is 4.28. The summed E-state index contributed by atoms with van der Waals surface area (Å²) in [7, 11) is -7.83. The summed E-state index contributed by atoms with van der Waals surface area (Å²) in [5.41, 5.74) is 0. The van der Waals surface area contributed by atoms with E-state index in [1.165, 1.54) is 23.0 Å². The molecule has 1 atom stereocenters. The van der Waals surface area contributed by atoms with Crippen LogP contribution in [0.15, 0.2) is 161 Å². The van der Waals surface area contributed by atoms with Gasteiger partial charge in [0.15, 0.2) is 0 Å². The van der Waals surface area contributed by atoms with E-state index < -0.39 is 7.61 Å². The van der Waals surface area contributed by atoms with Crippen LogP contribution in [0.5, 0.6) is 0 Å². The molecule has 1 aromatic heterocycles. The van der Waals surface area contributed by atoms with Crippen LogP contribution in [0.1, 0.15) is 6.42 Å². The first-order chi connectivity index (χ1) is 18.5. The predicted octanol–water partition coefficient (Wildman–Crippen LogP) is 9.48. The molecule has 221 valence electrons. The molecule has 1 aliphatic carbocycles. The van der Waals surface area contributed by atoms with Gasteiger partial charge >= 0.3 is 229 Å². The summed E-state index contributed by atoms with van der Waals surface area (Å²) in [6, 6.07) is 50.9. The van der Waals surface area contributed by atoms with Gasteiger partial charge in [-0.1, -0.05) is 0 Å². The fourth-order valence-electron chi connectivity index (χ4n) is 12.6. The van der Waals surface area contributed by atoms with E-state index in [-0.39, 0.29) is 24.8 Å². The zero-order valence-electron chi connectivity index (χ0n) is 25.5. The fraction of sp³-hybridized carbons (Fsp3) is 0.158. The van der Waals surface area contributed by atoms with Crippen molar-refractivity contribution in [2.24, 2.45) is 0 Å². The van der Waals surface area contributed by atoms with Crippen molar-refractivity contribution in [3.63, 3.8) is 0 Å². The Morgan fingerprint density at radius 1 is 0.476 bits per heavy atom. The Bertz CT molecular complexity index is 1900. The molecule has 1 unspecified atom stereocenters. The van der Waals surface area contributed by atoms with Gasteiger partial charge in [0.1, 0.15) is 0 Å². The van der Waals surface area contributed by atoms with Gasteiger partial charge in [0, 0.05) is 0 Å². The molecule has 1 heterocycles. The molecule has 1 aliphatic rings. The van der Waals surface area contributed by atoms with Crippen LogP contribution in [0.3, 0.4) is 0 Å². The van der Waals surface area contributed by atoms with E-state index >= 15 is 0 Å². The van der Waals surface area contributed by atoms with Crippen molar-refractivity contribution in [1.82, 2.24) is 0 Å². The Morgan fingerprint density at radius 3 is 1.10 bits per heavy atom. The Labute approximate surface area is 251 Å². The molecule has 0 saturated heterocycles. The topological polar surface area (TPSA) is 0 Å². The average Bonchev–Trinajstić information content (AvgIpc) is 3.74. The zero-order valence-corrected chi connectivity index (χ0v) is 29.7. The van der Waals surface area contributed by atoms with Crippen LogP contribution < -0.4 is 19.1 Å². The molecule has 0 N–H and O–H groups in total. The molecular weight excluding hydrogens is 606 g/mol. The summed E-state index contributed by atoms with van der Waals surface area (Å²) in [5, 5.41) is 13.7. The fourth-order valence-corrected chi connectivity index (χ4v) is 54.3. The number of hydrogen-bond acceptors (Lipinski definition) is 0. The second-order valence-electron chi connectivity index (χ2n) is 22.2. The Hall–Kier alpha value is -2.57. The summed E-state index contributed by atoms with van der Waals surface area (Å²) in [6.45, 7) is 0. The van der Waals surface area contributed by atoms with Crippen LogP contribution in [-0.2, 0) is 7.61 Å². The average molecular weight is 653 g/mol. The minimum atomic E-state index is -8.27. The van der Waals surface area contributed by atoms with Gasteiger partial charge in [-0.15, -0.1) is 24.8 Å². The van der Waals surface area contributed by atoms with Crippen LogP contribution in [0, 0.1) is 0 Å². The standard InChI is InChI=1S/4C6H5.C5H5.C4H4P.5CH3.2ClH.Ti/c4*1-2-4-6-5-3-1;2*1-2-4-5-3-1;;;;;;;;/h4*1-5H;1-3H,4H2;1-3,5H;5*1H3;2*1H;. The van der Waals surface area contributed by atoms with Crippen LogP contribution in [0.4, 0.5) is 0 Å². The van der Waals surface area contributed by atoms with Crippen molar-refractivity contribution in [3.8, 4) is 0 Å². The van der Waals surface area contributed by atoms with Gasteiger partial charge in [-0.05, 0) is 0 Å². The normalized spacial score (nSPS) is 21.4. The van der Waals surface area contributed by atoms with Crippen LogP contribution in [0.2, 0.25) is 26.1 Å². The van der Waals surface area contributed by atoms with E-state index in [4.69, 9.17) is 0 Å². The third-order valence-corrected chi connectivity index (χ3v) is 70.6. The molecule has 4 aromatic carbocycles. The second-order valence-corrected chi connectivity index (χ2v) is 74.5. The number of benzene rings is 4. The second kappa shape index (κ2) is 5.56. The third-order valence-electron chi connectivity index (χ3n) is 17.6. The van der Waals surface area contributed by atoms with E-state index in [9.17, 15) is 0 Å². The van der Waals surface area contributed by atoms with Crippen molar-refractivity contribution in [3.05, 3.63) is 161 Å². The molecular formula is C38H46Cl2PTi. The summed E-state index contributed by atoms with van der Waals surface area (Å²) in [5.74, 6) is 2.38. The van der Waals surface area contributed by atoms with E-state index in [0.717, 1.165) is 6.42 Å². The Balaban J connectivity index is 0.00000202. The molecule has 0 radical (unpaired) electrons. The van der Waals surface area contributed by atoms with Gasteiger partial charge in [-0.2, -0.15) is 0 Å². The third kappa shape index (κ3) is 1.86. The minimum absolute atomic E-state index is 0. The van der Waals surface area contributed by atoms with Crippen molar-refractivity contribution in [1.29, 1.82) is 0 Å². The maximum absolute atomic E-state index is 8.27. The summed E-state index contributed by atoms with van der Waals surface area (Å²) in [6.07, 6.45) is 7.92. The first-order valence-corrected chi connectivity index (χ1v) is 28.4. The molecule has 42 heavy (non-hydrogen) atoms. The molecule has 0 bridgehead atoms. The van der Waals surface area contributed by atoms with Gasteiger partial charge in [0.25, 0.3) is 0 Å². The van der Waals surface area contributed by atoms with E-state index in [2.05, 4.69) is 184 Å². The van der Waals surface area contributed by atoms with Crippen molar-refractivity contribution < 1.29 is 7.61 Å². The van der Waals surface area contributed by atoms with Gasteiger partial charge in [-0.3, -0.25) is 0 Å². The monoisotopic (exact) mass is 651 g/mol. The van der Waals surface area contributed by atoms with E-state index in [1.807, 2.05) is 0 Å². The van der Waals surface area contributed by atoms with Crippen molar-refractivity contribution >= 4 is 52.1 Å². The summed E-state index contributed by atoms with van der Waals surface area (Å²) < 4.78 is 7.98. The molecule has 0 saturated carbocycles. The molecule has 0 aliphatic heterocycles. The van der Waals surface area contributed by atoms with E-state index in [1.54, 1.807) is 0 Å².